The molecule has 0 spiro atoms. The van der Waals surface area contributed by atoms with Crippen molar-refractivity contribution >= 4 is 22.5 Å². The lowest BCUT2D eigenvalue weighted by Gasteiger charge is -2.10. The number of fused-ring (bicyclic) bond motifs is 1. The molecule has 0 aliphatic carbocycles. The molecule has 0 aliphatic heterocycles. The predicted octanol–water partition coefficient (Wildman–Crippen LogP) is 2.60. The van der Waals surface area contributed by atoms with Gasteiger partial charge in [-0.25, -0.2) is 9.97 Å². The largest absolute Gasteiger partial charge is 0.497 e. The van der Waals surface area contributed by atoms with Crippen molar-refractivity contribution in [2.75, 3.05) is 18.6 Å². The van der Waals surface area contributed by atoms with Crippen LogP contribution in [0.15, 0.2) is 42.6 Å². The van der Waals surface area contributed by atoms with Gasteiger partial charge < -0.3 is 20.9 Å². The fourth-order valence-corrected chi connectivity index (χ4v) is 2.01. The highest BCUT2D eigenvalue weighted by Gasteiger charge is 2.08. The van der Waals surface area contributed by atoms with Gasteiger partial charge in [0.1, 0.15) is 17.2 Å². The summed E-state index contributed by atoms with van der Waals surface area (Å²) in [4.78, 5) is 8.15. The molecule has 3 aromatic rings. The fourth-order valence-electron chi connectivity index (χ4n) is 2.01. The molecule has 0 amide bonds. The number of anilines is 2. The van der Waals surface area contributed by atoms with Crippen LogP contribution < -0.4 is 20.9 Å². The zero-order valence-corrected chi connectivity index (χ0v) is 11.4. The average Bonchev–Trinajstić information content (AvgIpc) is 2.46. The van der Waals surface area contributed by atoms with Crippen LogP contribution in [0.2, 0.25) is 0 Å². The Labute approximate surface area is 121 Å². The minimum Gasteiger partial charge on any atom is -0.497 e. The summed E-state index contributed by atoms with van der Waals surface area (Å²) < 4.78 is 11.0. The molecule has 0 unspecified atom stereocenters. The number of methoxy groups -OCH3 is 1. The van der Waals surface area contributed by atoms with Gasteiger partial charge in [0.2, 0.25) is 5.95 Å². The molecule has 6 nitrogen and oxygen atoms in total. The third-order valence-corrected chi connectivity index (χ3v) is 2.97. The van der Waals surface area contributed by atoms with Gasteiger partial charge in [-0.2, -0.15) is 0 Å². The lowest BCUT2D eigenvalue weighted by molar-refractivity contribution is 0.409. The number of ether oxygens (including phenoxy) is 2. The SMILES string of the molecule is COc1cccc(Oc2cc(N)cc3nc(N)ncc23)c1. The van der Waals surface area contributed by atoms with Gasteiger partial charge in [-0.1, -0.05) is 6.07 Å². The van der Waals surface area contributed by atoms with E-state index in [1.54, 1.807) is 31.5 Å². The first-order chi connectivity index (χ1) is 10.2. The van der Waals surface area contributed by atoms with E-state index in [-0.39, 0.29) is 5.95 Å². The van der Waals surface area contributed by atoms with E-state index >= 15 is 0 Å². The van der Waals surface area contributed by atoms with E-state index in [9.17, 15) is 0 Å². The normalized spacial score (nSPS) is 10.5. The summed E-state index contributed by atoms with van der Waals surface area (Å²) in [7, 11) is 1.60. The number of aromatic nitrogens is 2. The maximum Gasteiger partial charge on any atom is 0.220 e. The van der Waals surface area contributed by atoms with E-state index in [2.05, 4.69) is 9.97 Å². The topological polar surface area (TPSA) is 96.3 Å². The van der Waals surface area contributed by atoms with Crippen molar-refractivity contribution in [2.24, 2.45) is 0 Å². The van der Waals surface area contributed by atoms with E-state index in [4.69, 9.17) is 20.9 Å². The minimum absolute atomic E-state index is 0.195. The molecule has 0 radical (unpaired) electrons. The molecule has 1 heterocycles. The number of hydrogen-bond donors (Lipinski definition) is 2. The molecular weight excluding hydrogens is 268 g/mol. The zero-order chi connectivity index (χ0) is 14.8. The Morgan fingerprint density at radius 1 is 1.05 bits per heavy atom. The molecule has 6 heteroatoms. The van der Waals surface area contributed by atoms with Crippen LogP contribution in [0.25, 0.3) is 10.9 Å². The summed E-state index contributed by atoms with van der Waals surface area (Å²) in [6.07, 6.45) is 1.62. The molecule has 0 fully saturated rings. The van der Waals surface area contributed by atoms with E-state index in [0.29, 0.717) is 28.5 Å². The lowest BCUT2D eigenvalue weighted by Crippen LogP contribution is -1.97. The second kappa shape index (κ2) is 5.16. The lowest BCUT2D eigenvalue weighted by atomic mass is 10.2. The van der Waals surface area contributed by atoms with Crippen molar-refractivity contribution in [1.82, 2.24) is 9.97 Å². The van der Waals surface area contributed by atoms with Gasteiger partial charge in [0.25, 0.3) is 0 Å². The Morgan fingerprint density at radius 2 is 1.86 bits per heavy atom. The highest BCUT2D eigenvalue weighted by molar-refractivity contribution is 5.88. The van der Waals surface area contributed by atoms with Crippen molar-refractivity contribution in [3.63, 3.8) is 0 Å². The van der Waals surface area contributed by atoms with Crippen LogP contribution in [0.3, 0.4) is 0 Å². The Morgan fingerprint density at radius 3 is 2.67 bits per heavy atom. The zero-order valence-electron chi connectivity index (χ0n) is 11.4. The third kappa shape index (κ3) is 2.64. The van der Waals surface area contributed by atoms with Gasteiger partial charge in [0.15, 0.2) is 0 Å². The van der Waals surface area contributed by atoms with Crippen molar-refractivity contribution in [2.45, 2.75) is 0 Å². The van der Waals surface area contributed by atoms with Crippen LogP contribution in [0.4, 0.5) is 11.6 Å². The number of nitrogens with two attached hydrogens (primary N) is 2. The molecule has 1 aromatic heterocycles. The van der Waals surface area contributed by atoms with Crippen LogP contribution in [0.1, 0.15) is 0 Å². The maximum atomic E-state index is 5.88. The molecule has 4 N–H and O–H groups in total. The van der Waals surface area contributed by atoms with Gasteiger partial charge in [-0.15, -0.1) is 0 Å². The van der Waals surface area contributed by atoms with Crippen LogP contribution >= 0.6 is 0 Å². The average molecular weight is 282 g/mol. The second-order valence-electron chi connectivity index (χ2n) is 4.46. The Kier molecular flexibility index (Phi) is 3.19. The quantitative estimate of drug-likeness (QED) is 0.717. The molecule has 0 saturated carbocycles. The highest BCUT2D eigenvalue weighted by atomic mass is 16.5. The third-order valence-electron chi connectivity index (χ3n) is 2.97. The van der Waals surface area contributed by atoms with Crippen LogP contribution in [0, 0.1) is 0 Å². The summed E-state index contributed by atoms with van der Waals surface area (Å²) in [6.45, 7) is 0. The Hall–Kier alpha value is -3.02. The highest BCUT2D eigenvalue weighted by Crippen LogP contribution is 2.32. The summed E-state index contributed by atoms with van der Waals surface area (Å²) in [5, 5.41) is 0.737. The van der Waals surface area contributed by atoms with E-state index < -0.39 is 0 Å². The summed E-state index contributed by atoms with van der Waals surface area (Å²) in [5.74, 6) is 2.11. The molecule has 3 rings (SSSR count). The maximum absolute atomic E-state index is 5.88. The number of nitrogen functional groups attached to an aromatic ring is 2. The Bertz CT molecular complexity index is 800. The molecule has 0 atom stereocenters. The monoisotopic (exact) mass is 282 g/mol. The molecule has 106 valence electrons. The van der Waals surface area contributed by atoms with Crippen LogP contribution in [-0.2, 0) is 0 Å². The predicted molar refractivity (Wildman–Crippen MR) is 81.4 cm³/mol. The van der Waals surface area contributed by atoms with Crippen LogP contribution in [-0.4, -0.2) is 17.1 Å². The first-order valence-electron chi connectivity index (χ1n) is 6.29. The molecule has 2 aromatic carbocycles. The summed E-state index contributed by atoms with van der Waals surface area (Å²) in [5.41, 5.74) is 12.7. The van der Waals surface area contributed by atoms with Crippen molar-refractivity contribution in [3.05, 3.63) is 42.6 Å². The first kappa shape index (κ1) is 13.0. The van der Waals surface area contributed by atoms with E-state index in [0.717, 1.165) is 5.39 Å². The van der Waals surface area contributed by atoms with Gasteiger partial charge >= 0.3 is 0 Å². The standard InChI is InChI=1S/C15H14N4O2/c1-20-10-3-2-4-11(7-10)21-14-6-9(16)5-13-12(14)8-18-15(17)19-13/h2-8H,16H2,1H3,(H2,17,18,19). The Balaban J connectivity index is 2.07. The van der Waals surface area contributed by atoms with E-state index in [1.807, 2.05) is 18.2 Å². The number of nitrogens with zero attached hydrogens (tertiary/aromatic N) is 2. The minimum atomic E-state index is 0.195. The van der Waals surface area contributed by atoms with Crippen molar-refractivity contribution in [3.8, 4) is 17.2 Å². The second-order valence-corrected chi connectivity index (χ2v) is 4.46. The van der Waals surface area contributed by atoms with Gasteiger partial charge in [-0.05, 0) is 18.2 Å². The summed E-state index contributed by atoms with van der Waals surface area (Å²) >= 11 is 0. The summed E-state index contributed by atoms with van der Waals surface area (Å²) in [6, 6.07) is 10.8. The molecule has 0 bridgehead atoms. The van der Waals surface area contributed by atoms with Crippen molar-refractivity contribution in [1.29, 1.82) is 0 Å². The molecular formula is C15H14N4O2. The van der Waals surface area contributed by atoms with Crippen LogP contribution in [0.5, 0.6) is 17.2 Å². The number of benzene rings is 2. The van der Waals surface area contributed by atoms with Gasteiger partial charge in [0.05, 0.1) is 18.0 Å². The molecule has 21 heavy (non-hydrogen) atoms. The molecule has 0 aliphatic rings. The van der Waals surface area contributed by atoms with E-state index in [1.165, 1.54) is 0 Å². The van der Waals surface area contributed by atoms with Gasteiger partial charge in [-0.3, -0.25) is 0 Å². The number of hydrogen-bond acceptors (Lipinski definition) is 6. The molecule has 0 saturated heterocycles. The number of rotatable bonds is 3. The van der Waals surface area contributed by atoms with Gasteiger partial charge in [0, 0.05) is 24.0 Å². The first-order valence-corrected chi connectivity index (χ1v) is 6.29. The smallest absolute Gasteiger partial charge is 0.220 e. The fraction of sp³-hybridized carbons (Fsp3) is 0.0667. The van der Waals surface area contributed by atoms with Crippen molar-refractivity contribution < 1.29 is 9.47 Å².